The number of carbonyl (C=O) groups is 1. The fraction of sp³-hybridized carbons (Fsp3) is 0.600. The molecule has 1 aromatic heterocycles. The summed E-state index contributed by atoms with van der Waals surface area (Å²) in [7, 11) is 1.85. The van der Waals surface area contributed by atoms with E-state index in [0.717, 1.165) is 24.4 Å². The van der Waals surface area contributed by atoms with E-state index in [1.165, 1.54) is 44.2 Å². The number of halogens is 1. The topological polar surface area (TPSA) is 63.9 Å². The lowest BCUT2D eigenvalue weighted by molar-refractivity contribution is -0.134. The van der Waals surface area contributed by atoms with Gasteiger partial charge in [-0.25, -0.2) is 9.07 Å². The standard InChI is InChI=1S/C20H28FN5O/c1-15-22-23-24-26(15)19(14-17-8-10-18(21)11-9-17)20(27)25(2)13-12-16-6-4-3-5-7-16/h8-11,16,19H,3-7,12-14H2,1-2H3. The van der Waals surface area contributed by atoms with Crippen molar-refractivity contribution in [2.24, 2.45) is 5.92 Å². The molecule has 1 fully saturated rings. The molecule has 0 bridgehead atoms. The Hall–Kier alpha value is -2.31. The third-order valence-corrected chi connectivity index (χ3v) is 5.55. The van der Waals surface area contributed by atoms with Crippen LogP contribution in [0.4, 0.5) is 4.39 Å². The lowest BCUT2D eigenvalue weighted by atomic mass is 9.87. The molecule has 0 spiro atoms. The van der Waals surface area contributed by atoms with Gasteiger partial charge in [0.2, 0.25) is 5.91 Å². The van der Waals surface area contributed by atoms with E-state index < -0.39 is 6.04 Å². The number of nitrogens with zero attached hydrogens (tertiary/aromatic N) is 5. The molecule has 1 aromatic carbocycles. The first-order valence-electron chi connectivity index (χ1n) is 9.78. The third kappa shape index (κ3) is 5.11. The van der Waals surface area contributed by atoms with Gasteiger partial charge in [0.1, 0.15) is 17.7 Å². The maximum Gasteiger partial charge on any atom is 0.247 e. The van der Waals surface area contributed by atoms with Gasteiger partial charge in [-0.1, -0.05) is 44.2 Å². The quantitative estimate of drug-likeness (QED) is 0.747. The molecule has 0 aliphatic heterocycles. The molecule has 0 saturated heterocycles. The number of amides is 1. The first-order chi connectivity index (χ1) is 13.0. The molecular formula is C20H28FN5O. The second-order valence-corrected chi connectivity index (χ2v) is 7.57. The van der Waals surface area contributed by atoms with Crippen LogP contribution in [0.25, 0.3) is 0 Å². The lowest BCUT2D eigenvalue weighted by Gasteiger charge is -2.27. The van der Waals surface area contributed by atoms with Crippen LogP contribution in [-0.4, -0.2) is 44.6 Å². The molecule has 1 unspecified atom stereocenters. The molecule has 3 rings (SSSR count). The summed E-state index contributed by atoms with van der Waals surface area (Å²) in [6.07, 6.45) is 7.96. The van der Waals surface area contributed by atoms with E-state index in [0.29, 0.717) is 12.2 Å². The van der Waals surface area contributed by atoms with Crippen LogP contribution in [0.5, 0.6) is 0 Å². The minimum Gasteiger partial charge on any atom is -0.344 e. The summed E-state index contributed by atoms with van der Waals surface area (Å²) >= 11 is 0. The van der Waals surface area contributed by atoms with E-state index in [4.69, 9.17) is 0 Å². The first-order valence-corrected chi connectivity index (χ1v) is 9.78. The summed E-state index contributed by atoms with van der Waals surface area (Å²) in [5.41, 5.74) is 0.880. The summed E-state index contributed by atoms with van der Waals surface area (Å²) in [5.74, 6) is 1.02. The van der Waals surface area contributed by atoms with Crippen LogP contribution in [0.15, 0.2) is 24.3 Å². The molecule has 1 heterocycles. The van der Waals surface area contributed by atoms with E-state index in [-0.39, 0.29) is 11.7 Å². The second-order valence-electron chi connectivity index (χ2n) is 7.57. The van der Waals surface area contributed by atoms with E-state index in [2.05, 4.69) is 15.5 Å². The minimum atomic E-state index is -0.526. The second kappa shape index (κ2) is 9.06. The number of carbonyl (C=O) groups excluding carboxylic acids is 1. The Kier molecular flexibility index (Phi) is 6.53. The normalized spacial score (nSPS) is 16.3. The Morgan fingerprint density at radius 3 is 2.59 bits per heavy atom. The van der Waals surface area contributed by atoms with Crippen molar-refractivity contribution >= 4 is 5.91 Å². The summed E-state index contributed by atoms with van der Waals surface area (Å²) in [6, 6.07) is 5.71. The molecule has 1 atom stereocenters. The van der Waals surface area contributed by atoms with Crippen molar-refractivity contribution in [2.45, 2.75) is 57.9 Å². The predicted molar refractivity (Wildman–Crippen MR) is 101 cm³/mol. The SMILES string of the molecule is Cc1nnnn1C(Cc1ccc(F)cc1)C(=O)N(C)CCC1CCCCC1. The Balaban J connectivity index is 1.70. The van der Waals surface area contributed by atoms with Crippen molar-refractivity contribution in [3.8, 4) is 0 Å². The predicted octanol–water partition coefficient (Wildman–Crippen LogP) is 3.33. The number of rotatable bonds is 7. The van der Waals surface area contributed by atoms with E-state index in [9.17, 15) is 9.18 Å². The summed E-state index contributed by atoms with van der Waals surface area (Å²) in [6.45, 7) is 2.53. The van der Waals surface area contributed by atoms with E-state index >= 15 is 0 Å². The molecule has 6 nitrogen and oxygen atoms in total. The van der Waals surface area contributed by atoms with Gasteiger partial charge in [0.25, 0.3) is 0 Å². The van der Waals surface area contributed by atoms with Crippen molar-refractivity contribution in [3.05, 3.63) is 41.5 Å². The van der Waals surface area contributed by atoms with Gasteiger partial charge in [-0.05, 0) is 47.4 Å². The van der Waals surface area contributed by atoms with Crippen LogP contribution in [0.1, 0.15) is 56.0 Å². The van der Waals surface area contributed by atoms with Gasteiger partial charge >= 0.3 is 0 Å². The van der Waals surface area contributed by atoms with Crippen LogP contribution < -0.4 is 0 Å². The molecular weight excluding hydrogens is 345 g/mol. The highest BCUT2D eigenvalue weighted by Gasteiger charge is 2.27. The average molecular weight is 373 g/mol. The molecule has 1 amide bonds. The fourth-order valence-corrected chi connectivity index (χ4v) is 3.86. The van der Waals surface area contributed by atoms with E-state index in [1.54, 1.807) is 28.6 Å². The van der Waals surface area contributed by atoms with Crippen LogP contribution >= 0.6 is 0 Å². The Labute approximate surface area is 159 Å². The van der Waals surface area contributed by atoms with Gasteiger partial charge in [-0.3, -0.25) is 4.79 Å². The molecule has 0 radical (unpaired) electrons. The van der Waals surface area contributed by atoms with Crippen molar-refractivity contribution in [3.63, 3.8) is 0 Å². The zero-order valence-corrected chi connectivity index (χ0v) is 16.1. The van der Waals surface area contributed by atoms with Crippen molar-refractivity contribution in [1.29, 1.82) is 0 Å². The molecule has 1 aliphatic carbocycles. The zero-order chi connectivity index (χ0) is 19.2. The van der Waals surface area contributed by atoms with Gasteiger partial charge in [-0.15, -0.1) is 5.10 Å². The fourth-order valence-electron chi connectivity index (χ4n) is 3.86. The number of aryl methyl sites for hydroxylation is 1. The number of hydrogen-bond acceptors (Lipinski definition) is 4. The summed E-state index contributed by atoms with van der Waals surface area (Å²) < 4.78 is 14.8. The minimum absolute atomic E-state index is 0.00876. The molecule has 0 N–H and O–H groups in total. The van der Waals surface area contributed by atoms with Gasteiger partial charge in [0.15, 0.2) is 0 Å². The maximum absolute atomic E-state index is 13.2. The number of benzene rings is 1. The molecule has 1 saturated carbocycles. The average Bonchev–Trinajstić information content (AvgIpc) is 3.11. The van der Waals surface area contributed by atoms with Crippen LogP contribution in [0, 0.1) is 18.7 Å². The highest BCUT2D eigenvalue weighted by molar-refractivity contribution is 5.80. The molecule has 1 aliphatic rings. The number of likely N-dealkylation sites (N-methyl/N-ethyl adjacent to an activating group) is 1. The largest absolute Gasteiger partial charge is 0.344 e. The smallest absolute Gasteiger partial charge is 0.247 e. The number of aromatic nitrogens is 4. The highest BCUT2D eigenvalue weighted by Crippen LogP contribution is 2.27. The van der Waals surface area contributed by atoms with Gasteiger partial charge in [0.05, 0.1) is 0 Å². The molecule has 27 heavy (non-hydrogen) atoms. The van der Waals surface area contributed by atoms with Crippen LogP contribution in [0.3, 0.4) is 0 Å². The van der Waals surface area contributed by atoms with Gasteiger partial charge < -0.3 is 4.90 Å². The summed E-state index contributed by atoms with van der Waals surface area (Å²) in [4.78, 5) is 15.0. The number of hydrogen-bond donors (Lipinski definition) is 0. The van der Waals surface area contributed by atoms with Crippen LogP contribution in [-0.2, 0) is 11.2 Å². The van der Waals surface area contributed by atoms with Crippen molar-refractivity contribution < 1.29 is 9.18 Å². The Bertz CT molecular complexity index is 739. The van der Waals surface area contributed by atoms with Crippen LogP contribution in [0.2, 0.25) is 0 Å². The maximum atomic E-state index is 13.2. The molecule has 146 valence electrons. The van der Waals surface area contributed by atoms with E-state index in [1.807, 2.05) is 7.05 Å². The van der Waals surface area contributed by atoms with Gasteiger partial charge in [0, 0.05) is 20.0 Å². The first kappa shape index (κ1) is 19.5. The lowest BCUT2D eigenvalue weighted by Crippen LogP contribution is -2.37. The number of tetrazole rings is 1. The Morgan fingerprint density at radius 2 is 1.96 bits per heavy atom. The zero-order valence-electron chi connectivity index (χ0n) is 16.1. The Morgan fingerprint density at radius 1 is 1.26 bits per heavy atom. The molecule has 2 aromatic rings. The monoisotopic (exact) mass is 373 g/mol. The third-order valence-electron chi connectivity index (χ3n) is 5.55. The molecule has 7 heteroatoms. The van der Waals surface area contributed by atoms with Crippen molar-refractivity contribution in [1.82, 2.24) is 25.1 Å². The summed E-state index contributed by atoms with van der Waals surface area (Å²) in [5, 5.41) is 11.6. The van der Waals surface area contributed by atoms with Gasteiger partial charge in [-0.2, -0.15) is 0 Å². The van der Waals surface area contributed by atoms with Crippen molar-refractivity contribution in [2.75, 3.05) is 13.6 Å². The highest BCUT2D eigenvalue weighted by atomic mass is 19.1.